The Balaban J connectivity index is 1.73. The number of nitrogens with one attached hydrogen (secondary N) is 1. The summed E-state index contributed by atoms with van der Waals surface area (Å²) in [5.41, 5.74) is 2.48. The van der Waals surface area contributed by atoms with E-state index in [1.165, 1.54) is 0 Å². The number of ether oxygens (including phenoxy) is 2. The molecule has 1 N–H and O–H groups in total. The van der Waals surface area contributed by atoms with Crippen LogP contribution < -0.4 is 10.3 Å². The summed E-state index contributed by atoms with van der Waals surface area (Å²) in [5.74, 6) is 0.0997. The van der Waals surface area contributed by atoms with Crippen LogP contribution in [0, 0.1) is 0 Å². The maximum Gasteiger partial charge on any atom is 0.344 e. The van der Waals surface area contributed by atoms with Crippen molar-refractivity contribution in [3.63, 3.8) is 0 Å². The van der Waals surface area contributed by atoms with Crippen LogP contribution in [0.25, 0.3) is 0 Å². The molecule has 3 rings (SSSR count). The van der Waals surface area contributed by atoms with Gasteiger partial charge in [0.15, 0.2) is 0 Å². The molecule has 1 aromatic heterocycles. The van der Waals surface area contributed by atoms with Crippen molar-refractivity contribution in [1.82, 2.24) is 4.98 Å². The summed E-state index contributed by atoms with van der Waals surface area (Å²) >= 11 is 0. The third-order valence-corrected chi connectivity index (χ3v) is 3.81. The van der Waals surface area contributed by atoms with E-state index in [-0.39, 0.29) is 17.7 Å². The predicted molar refractivity (Wildman–Crippen MR) is 81.2 cm³/mol. The molecule has 5 nitrogen and oxygen atoms in total. The molecule has 1 heterocycles. The molecule has 0 saturated carbocycles. The molecule has 0 fully saturated rings. The van der Waals surface area contributed by atoms with Crippen molar-refractivity contribution in [1.29, 1.82) is 0 Å². The van der Waals surface area contributed by atoms with Crippen molar-refractivity contribution in [2.24, 2.45) is 0 Å². The number of esters is 1. The summed E-state index contributed by atoms with van der Waals surface area (Å²) in [7, 11) is 1.58. The van der Waals surface area contributed by atoms with Crippen LogP contribution in [0.2, 0.25) is 0 Å². The lowest BCUT2D eigenvalue weighted by molar-refractivity contribution is 0.0470. The van der Waals surface area contributed by atoms with Crippen LogP contribution in [0.15, 0.2) is 35.1 Å². The highest BCUT2D eigenvalue weighted by atomic mass is 16.5. The normalized spacial score (nSPS) is 12.8. The molecule has 0 aliphatic heterocycles. The minimum absolute atomic E-state index is 0.0727. The summed E-state index contributed by atoms with van der Waals surface area (Å²) in [4.78, 5) is 26.9. The Morgan fingerprint density at radius 1 is 1.27 bits per heavy atom. The fraction of sp³-hybridized carbons (Fsp3) is 0.294. The molecule has 0 unspecified atom stereocenters. The number of benzene rings is 1. The highest BCUT2D eigenvalue weighted by molar-refractivity contribution is 5.89. The molecule has 1 aliphatic rings. The van der Waals surface area contributed by atoms with Crippen LogP contribution in [0.4, 0.5) is 0 Å². The Kier molecular flexibility index (Phi) is 3.96. The molecule has 22 heavy (non-hydrogen) atoms. The van der Waals surface area contributed by atoms with E-state index in [4.69, 9.17) is 9.47 Å². The van der Waals surface area contributed by atoms with Gasteiger partial charge in [0.05, 0.1) is 7.11 Å². The van der Waals surface area contributed by atoms with E-state index >= 15 is 0 Å². The second kappa shape index (κ2) is 6.05. The highest BCUT2D eigenvalue weighted by Crippen LogP contribution is 2.19. The Hall–Kier alpha value is -2.56. The van der Waals surface area contributed by atoms with Crippen molar-refractivity contribution >= 4 is 5.97 Å². The molecule has 0 bridgehead atoms. The average molecular weight is 299 g/mol. The summed E-state index contributed by atoms with van der Waals surface area (Å²) in [5, 5.41) is 0. The smallest absolute Gasteiger partial charge is 0.344 e. The minimum atomic E-state index is -0.598. The summed E-state index contributed by atoms with van der Waals surface area (Å²) in [6.07, 6.45) is 2.76. The lowest BCUT2D eigenvalue weighted by atomic mass is 10.1. The zero-order chi connectivity index (χ0) is 15.5. The Morgan fingerprint density at radius 3 is 2.95 bits per heavy atom. The number of aryl methyl sites for hydroxylation is 2. The van der Waals surface area contributed by atoms with Gasteiger partial charge in [0.1, 0.15) is 17.9 Å². The maximum atomic E-state index is 12.1. The van der Waals surface area contributed by atoms with Crippen molar-refractivity contribution in [2.75, 3.05) is 7.11 Å². The van der Waals surface area contributed by atoms with Gasteiger partial charge in [-0.15, -0.1) is 0 Å². The van der Waals surface area contributed by atoms with E-state index in [1.807, 2.05) is 18.2 Å². The van der Waals surface area contributed by atoms with Crippen LogP contribution in [-0.2, 0) is 24.2 Å². The molecule has 1 aromatic carbocycles. The molecule has 5 heteroatoms. The number of pyridine rings is 1. The van der Waals surface area contributed by atoms with Gasteiger partial charge in [-0.3, -0.25) is 4.79 Å². The van der Waals surface area contributed by atoms with Gasteiger partial charge >= 0.3 is 5.97 Å². The first-order valence-electron chi connectivity index (χ1n) is 7.22. The number of fused-ring (bicyclic) bond motifs is 1. The third kappa shape index (κ3) is 2.88. The molecule has 0 atom stereocenters. The van der Waals surface area contributed by atoms with Crippen molar-refractivity contribution in [3.05, 3.63) is 63.1 Å². The number of hydrogen-bond donors (Lipinski definition) is 1. The van der Waals surface area contributed by atoms with E-state index in [9.17, 15) is 9.59 Å². The standard InChI is InChI=1S/C17H17NO4/c1-21-13-6-2-4-11(8-13)10-22-17(20)14-9-12-5-3-7-15(12)18-16(14)19/h2,4,6,8-9H,3,5,7,10H2,1H3,(H,18,19). The monoisotopic (exact) mass is 299 g/mol. The second-order valence-corrected chi connectivity index (χ2v) is 5.30. The number of carbonyl (C=O) groups excluding carboxylic acids is 1. The molecule has 2 aromatic rings. The Morgan fingerprint density at radius 2 is 2.14 bits per heavy atom. The first-order chi connectivity index (χ1) is 10.7. The van der Waals surface area contributed by atoms with E-state index in [0.717, 1.165) is 36.1 Å². The molecular weight excluding hydrogens is 282 g/mol. The molecule has 0 radical (unpaired) electrons. The van der Waals surface area contributed by atoms with Gasteiger partial charge in [0.2, 0.25) is 0 Å². The maximum absolute atomic E-state index is 12.1. The number of aromatic nitrogens is 1. The average Bonchev–Trinajstić information content (AvgIpc) is 2.99. The summed E-state index contributed by atoms with van der Waals surface area (Å²) in [6.45, 7) is 0.104. The van der Waals surface area contributed by atoms with Gasteiger partial charge in [-0.05, 0) is 48.6 Å². The number of carbonyl (C=O) groups is 1. The molecule has 0 amide bonds. The van der Waals surface area contributed by atoms with Crippen molar-refractivity contribution in [3.8, 4) is 5.75 Å². The third-order valence-electron chi connectivity index (χ3n) is 3.81. The zero-order valence-corrected chi connectivity index (χ0v) is 12.3. The molecule has 114 valence electrons. The molecule has 1 aliphatic carbocycles. The Labute approximate surface area is 127 Å². The van der Waals surface area contributed by atoms with Crippen LogP contribution in [0.1, 0.15) is 33.6 Å². The molecular formula is C17H17NO4. The predicted octanol–water partition coefficient (Wildman–Crippen LogP) is 2.23. The number of aromatic amines is 1. The van der Waals surface area contributed by atoms with Crippen molar-refractivity contribution in [2.45, 2.75) is 25.9 Å². The largest absolute Gasteiger partial charge is 0.497 e. The first-order valence-corrected chi connectivity index (χ1v) is 7.22. The van der Waals surface area contributed by atoms with Gasteiger partial charge in [0, 0.05) is 5.69 Å². The van der Waals surface area contributed by atoms with Gasteiger partial charge in [0.25, 0.3) is 5.56 Å². The van der Waals surface area contributed by atoms with Gasteiger partial charge in [-0.25, -0.2) is 4.79 Å². The molecule has 0 spiro atoms. The van der Waals surface area contributed by atoms with E-state index < -0.39 is 5.97 Å². The lowest BCUT2D eigenvalue weighted by Crippen LogP contribution is -2.21. The summed E-state index contributed by atoms with van der Waals surface area (Å²) < 4.78 is 10.4. The van der Waals surface area contributed by atoms with E-state index in [0.29, 0.717) is 5.75 Å². The number of rotatable bonds is 4. The lowest BCUT2D eigenvalue weighted by Gasteiger charge is -2.07. The van der Waals surface area contributed by atoms with E-state index in [1.54, 1.807) is 19.2 Å². The first kappa shape index (κ1) is 14.4. The highest BCUT2D eigenvalue weighted by Gasteiger charge is 2.19. The number of hydrogen-bond acceptors (Lipinski definition) is 4. The zero-order valence-electron chi connectivity index (χ0n) is 12.3. The van der Waals surface area contributed by atoms with Gasteiger partial charge < -0.3 is 14.5 Å². The quantitative estimate of drug-likeness (QED) is 0.879. The fourth-order valence-corrected chi connectivity index (χ4v) is 2.65. The number of H-pyrrole nitrogens is 1. The Bertz CT molecular complexity index is 763. The van der Waals surface area contributed by atoms with Crippen LogP contribution >= 0.6 is 0 Å². The van der Waals surface area contributed by atoms with Gasteiger partial charge in [-0.2, -0.15) is 0 Å². The second-order valence-electron chi connectivity index (χ2n) is 5.30. The van der Waals surface area contributed by atoms with Crippen molar-refractivity contribution < 1.29 is 14.3 Å². The minimum Gasteiger partial charge on any atom is -0.497 e. The SMILES string of the molecule is COc1cccc(COC(=O)c2cc3c([nH]c2=O)CCC3)c1. The van der Waals surface area contributed by atoms with Crippen LogP contribution in [0.3, 0.4) is 0 Å². The number of methoxy groups -OCH3 is 1. The van der Waals surface area contributed by atoms with Crippen LogP contribution in [-0.4, -0.2) is 18.1 Å². The fourth-order valence-electron chi connectivity index (χ4n) is 2.65. The summed E-state index contributed by atoms with van der Waals surface area (Å²) in [6, 6.07) is 8.93. The molecule has 0 saturated heterocycles. The van der Waals surface area contributed by atoms with Gasteiger partial charge in [-0.1, -0.05) is 12.1 Å². The van der Waals surface area contributed by atoms with Crippen LogP contribution in [0.5, 0.6) is 5.75 Å². The van der Waals surface area contributed by atoms with E-state index in [2.05, 4.69) is 4.98 Å². The topological polar surface area (TPSA) is 68.4 Å².